The number of carboxylic acid groups (broad SMARTS) is 1. The Hall–Kier alpha value is -2.81. The van der Waals surface area contributed by atoms with Crippen LogP contribution >= 0.6 is 11.3 Å². The van der Waals surface area contributed by atoms with Gasteiger partial charge in [-0.1, -0.05) is 36.5 Å². The van der Waals surface area contributed by atoms with Crippen LogP contribution in [-0.4, -0.2) is 38.9 Å². The van der Waals surface area contributed by atoms with E-state index in [1.165, 1.54) is 16.3 Å². The van der Waals surface area contributed by atoms with Gasteiger partial charge in [0, 0.05) is 12.8 Å². The number of rotatable bonds is 6. The van der Waals surface area contributed by atoms with Gasteiger partial charge in [-0.3, -0.25) is 15.1 Å². The monoisotopic (exact) mass is 359 g/mol. The highest BCUT2D eigenvalue weighted by Gasteiger charge is 2.36. The predicted molar refractivity (Wildman–Crippen MR) is 94.9 cm³/mol. The van der Waals surface area contributed by atoms with Gasteiger partial charge in [-0.2, -0.15) is 5.10 Å². The Morgan fingerprint density at radius 3 is 2.76 bits per heavy atom. The van der Waals surface area contributed by atoms with Gasteiger partial charge in [0.15, 0.2) is 6.04 Å². The normalized spacial score (nSPS) is 16.6. The van der Waals surface area contributed by atoms with E-state index in [4.69, 9.17) is 0 Å². The number of anilines is 2. The summed E-state index contributed by atoms with van der Waals surface area (Å²) in [7, 11) is 0. The summed E-state index contributed by atoms with van der Waals surface area (Å²) in [5.41, 5.74) is 0.780. The lowest BCUT2D eigenvalue weighted by Crippen LogP contribution is -2.34. The van der Waals surface area contributed by atoms with Crippen LogP contribution in [0.4, 0.5) is 10.8 Å². The van der Waals surface area contributed by atoms with Gasteiger partial charge in [-0.15, -0.1) is 10.2 Å². The minimum Gasteiger partial charge on any atom is -0.480 e. The first-order chi connectivity index (χ1) is 12.1. The van der Waals surface area contributed by atoms with Crippen molar-refractivity contribution in [2.75, 3.05) is 10.3 Å². The van der Waals surface area contributed by atoms with Crippen molar-refractivity contribution in [3.63, 3.8) is 0 Å². The summed E-state index contributed by atoms with van der Waals surface area (Å²) in [5, 5.41) is 26.8. The van der Waals surface area contributed by atoms with E-state index in [1.54, 1.807) is 24.3 Å². The number of amides is 1. The SMILES string of the molecule is CCCc1nnc(NC(=O)C2=NN(c3ccccc3)C(C(=O)O)C2)s1. The van der Waals surface area contributed by atoms with Gasteiger partial charge in [0.1, 0.15) is 10.7 Å². The third kappa shape index (κ3) is 3.82. The van der Waals surface area contributed by atoms with Crippen molar-refractivity contribution < 1.29 is 14.7 Å². The Labute approximate surface area is 148 Å². The van der Waals surface area contributed by atoms with E-state index in [0.717, 1.165) is 17.8 Å². The van der Waals surface area contributed by atoms with Crippen molar-refractivity contribution in [1.29, 1.82) is 0 Å². The largest absolute Gasteiger partial charge is 0.480 e. The molecule has 8 nitrogen and oxygen atoms in total. The highest BCUT2D eigenvalue weighted by Crippen LogP contribution is 2.25. The number of nitrogens with zero attached hydrogens (tertiary/aromatic N) is 4. The zero-order valence-corrected chi connectivity index (χ0v) is 14.4. The standard InChI is InChI=1S/C16H17N5O3S/c1-2-6-13-18-19-16(25-13)17-14(22)11-9-12(15(23)24)21(20-11)10-7-4-3-5-8-10/h3-5,7-8,12H,2,6,9H2,1H3,(H,23,24)(H,17,19,22). The first-order valence-corrected chi connectivity index (χ1v) is 8.68. The van der Waals surface area contributed by atoms with E-state index < -0.39 is 17.9 Å². The summed E-state index contributed by atoms with van der Waals surface area (Å²) >= 11 is 1.31. The van der Waals surface area contributed by atoms with Crippen molar-refractivity contribution in [2.24, 2.45) is 5.10 Å². The van der Waals surface area contributed by atoms with Crippen molar-refractivity contribution in [2.45, 2.75) is 32.2 Å². The van der Waals surface area contributed by atoms with Gasteiger partial charge in [0.05, 0.1) is 5.69 Å². The molecule has 0 bridgehead atoms. The van der Waals surface area contributed by atoms with Gasteiger partial charge in [-0.05, 0) is 18.6 Å². The molecule has 1 aliphatic rings. The molecule has 0 fully saturated rings. The lowest BCUT2D eigenvalue weighted by Gasteiger charge is -2.19. The molecule has 2 N–H and O–H groups in total. The van der Waals surface area contributed by atoms with Crippen molar-refractivity contribution in [3.8, 4) is 0 Å². The quantitative estimate of drug-likeness (QED) is 0.818. The van der Waals surface area contributed by atoms with E-state index in [2.05, 4.69) is 20.6 Å². The van der Waals surface area contributed by atoms with Crippen LogP contribution in [0.2, 0.25) is 0 Å². The van der Waals surface area contributed by atoms with E-state index in [-0.39, 0.29) is 12.1 Å². The number of aromatic nitrogens is 2. The number of para-hydroxylation sites is 1. The molecule has 1 amide bonds. The fourth-order valence-corrected chi connectivity index (χ4v) is 3.28. The Bertz CT molecular complexity index is 805. The number of hydrogen-bond acceptors (Lipinski definition) is 7. The van der Waals surface area contributed by atoms with E-state index >= 15 is 0 Å². The van der Waals surface area contributed by atoms with Crippen molar-refractivity contribution in [3.05, 3.63) is 35.3 Å². The van der Waals surface area contributed by atoms with E-state index in [9.17, 15) is 14.7 Å². The summed E-state index contributed by atoms with van der Waals surface area (Å²) in [6.45, 7) is 2.04. The highest BCUT2D eigenvalue weighted by atomic mass is 32.1. The number of aliphatic carboxylic acids is 1. The zero-order chi connectivity index (χ0) is 17.8. The maximum Gasteiger partial charge on any atom is 0.328 e. The molecule has 2 aromatic rings. The second-order valence-electron chi connectivity index (χ2n) is 5.49. The average molecular weight is 359 g/mol. The second-order valence-corrected chi connectivity index (χ2v) is 6.55. The highest BCUT2D eigenvalue weighted by molar-refractivity contribution is 7.15. The Morgan fingerprint density at radius 2 is 2.08 bits per heavy atom. The smallest absolute Gasteiger partial charge is 0.328 e. The number of aryl methyl sites for hydroxylation is 1. The van der Waals surface area contributed by atoms with Crippen LogP contribution in [0.5, 0.6) is 0 Å². The molecule has 0 radical (unpaired) electrons. The number of carboxylic acids is 1. The van der Waals surface area contributed by atoms with Crippen LogP contribution in [0.25, 0.3) is 0 Å². The third-order valence-electron chi connectivity index (χ3n) is 3.63. The average Bonchev–Trinajstić information content (AvgIpc) is 3.23. The van der Waals surface area contributed by atoms with E-state index in [1.807, 2.05) is 13.0 Å². The molecule has 0 spiro atoms. The molecule has 1 aliphatic heterocycles. The first-order valence-electron chi connectivity index (χ1n) is 7.86. The van der Waals surface area contributed by atoms with Crippen molar-refractivity contribution in [1.82, 2.24) is 10.2 Å². The summed E-state index contributed by atoms with van der Waals surface area (Å²) in [4.78, 5) is 23.9. The fourth-order valence-electron chi connectivity index (χ4n) is 2.45. The van der Waals surface area contributed by atoms with Crippen LogP contribution in [0.1, 0.15) is 24.8 Å². The lowest BCUT2D eigenvalue weighted by atomic mass is 10.1. The number of hydrazone groups is 1. The summed E-state index contributed by atoms with van der Waals surface area (Å²) in [6, 6.07) is 8.00. The van der Waals surface area contributed by atoms with Gasteiger partial charge in [0.2, 0.25) is 5.13 Å². The van der Waals surface area contributed by atoms with Crippen LogP contribution in [0.15, 0.2) is 35.4 Å². The third-order valence-corrected chi connectivity index (χ3v) is 4.53. The van der Waals surface area contributed by atoms with Gasteiger partial charge in [-0.25, -0.2) is 4.79 Å². The molecular formula is C16H17N5O3S. The first kappa shape index (κ1) is 17.0. The van der Waals surface area contributed by atoms with Crippen LogP contribution in [0.3, 0.4) is 0 Å². The van der Waals surface area contributed by atoms with Gasteiger partial charge in [0.25, 0.3) is 5.91 Å². The van der Waals surface area contributed by atoms with Crippen LogP contribution < -0.4 is 10.3 Å². The van der Waals surface area contributed by atoms with Crippen molar-refractivity contribution >= 4 is 39.7 Å². The maximum atomic E-state index is 12.4. The lowest BCUT2D eigenvalue weighted by molar-refractivity contribution is -0.138. The van der Waals surface area contributed by atoms with E-state index in [0.29, 0.717) is 10.8 Å². The number of hydrogen-bond donors (Lipinski definition) is 2. The molecule has 0 saturated heterocycles. The minimum atomic E-state index is -1.03. The van der Waals surface area contributed by atoms with Crippen LogP contribution in [0, 0.1) is 0 Å². The zero-order valence-electron chi connectivity index (χ0n) is 13.5. The summed E-state index contributed by atoms with van der Waals surface area (Å²) < 4.78 is 0. The summed E-state index contributed by atoms with van der Waals surface area (Å²) in [5.74, 6) is -1.49. The Kier molecular flexibility index (Phi) is 5.03. The molecule has 1 aromatic heterocycles. The number of nitrogens with one attached hydrogen (secondary N) is 1. The molecule has 130 valence electrons. The Balaban J connectivity index is 1.76. The maximum absolute atomic E-state index is 12.4. The molecule has 0 saturated carbocycles. The second kappa shape index (κ2) is 7.39. The predicted octanol–water partition coefficient (Wildman–Crippen LogP) is 2.15. The number of benzene rings is 1. The molecule has 3 rings (SSSR count). The van der Waals surface area contributed by atoms with Crippen LogP contribution in [-0.2, 0) is 16.0 Å². The molecule has 25 heavy (non-hydrogen) atoms. The molecule has 1 atom stereocenters. The fraction of sp³-hybridized carbons (Fsp3) is 0.312. The summed E-state index contributed by atoms with van der Waals surface area (Å²) in [6.07, 6.45) is 1.77. The molecule has 0 aliphatic carbocycles. The molecule has 9 heteroatoms. The number of carbonyl (C=O) groups excluding carboxylic acids is 1. The van der Waals surface area contributed by atoms with Gasteiger partial charge >= 0.3 is 5.97 Å². The Morgan fingerprint density at radius 1 is 1.32 bits per heavy atom. The molecular weight excluding hydrogens is 342 g/mol. The minimum absolute atomic E-state index is 0.0245. The molecule has 2 heterocycles. The molecule has 1 unspecified atom stereocenters. The topological polar surface area (TPSA) is 108 Å². The van der Waals surface area contributed by atoms with Gasteiger partial charge < -0.3 is 5.11 Å². The molecule has 1 aromatic carbocycles. The number of carbonyl (C=O) groups is 2.